The van der Waals surface area contributed by atoms with Crippen LogP contribution in [0.4, 0.5) is 5.00 Å². The molecule has 2 aromatic heterocycles. The number of carbonyl (C=O) groups excluding carboxylic acids is 1. The summed E-state index contributed by atoms with van der Waals surface area (Å²) in [6, 6.07) is 4.06. The Kier molecular flexibility index (Phi) is 2.25. The third kappa shape index (κ3) is 1.44. The van der Waals surface area contributed by atoms with Gasteiger partial charge in [0.15, 0.2) is 0 Å². The molecule has 3 heterocycles. The summed E-state index contributed by atoms with van der Waals surface area (Å²) in [4.78, 5) is 14.8. The summed E-state index contributed by atoms with van der Waals surface area (Å²) in [6.07, 6.45) is 3.31. The van der Waals surface area contributed by atoms with Gasteiger partial charge in [-0.25, -0.2) is 0 Å². The van der Waals surface area contributed by atoms with Crippen LogP contribution in [0.5, 0.6) is 0 Å². The van der Waals surface area contributed by atoms with E-state index in [0.29, 0.717) is 0 Å². The second-order valence-electron chi connectivity index (χ2n) is 4.63. The van der Waals surface area contributed by atoms with E-state index in [2.05, 4.69) is 16.7 Å². The van der Waals surface area contributed by atoms with E-state index in [1.807, 2.05) is 11.4 Å². The lowest BCUT2D eigenvalue weighted by molar-refractivity contribution is 0.0936. The van der Waals surface area contributed by atoms with Gasteiger partial charge >= 0.3 is 0 Å². The fourth-order valence-corrected chi connectivity index (χ4v) is 4.75. The maximum Gasteiger partial charge on any atom is 0.256 e. The Bertz CT molecular complexity index is 615. The fraction of sp³-hybridized carbons (Fsp3) is 0.308. The van der Waals surface area contributed by atoms with Gasteiger partial charge in [0.25, 0.3) is 5.91 Å². The van der Waals surface area contributed by atoms with E-state index >= 15 is 0 Å². The molecule has 0 aromatic carbocycles. The van der Waals surface area contributed by atoms with Crippen molar-refractivity contribution in [2.75, 3.05) is 5.32 Å². The molecule has 0 bridgehead atoms. The number of fused-ring (bicyclic) bond motifs is 3. The maximum absolute atomic E-state index is 12.3. The van der Waals surface area contributed by atoms with Gasteiger partial charge in [0.05, 0.1) is 5.56 Å². The molecule has 1 aliphatic carbocycles. The fourth-order valence-electron chi connectivity index (χ4n) is 2.71. The molecule has 1 unspecified atom stereocenters. The van der Waals surface area contributed by atoms with Gasteiger partial charge in [-0.2, -0.15) is 0 Å². The average Bonchev–Trinajstić information content (AvgIpc) is 3.04. The number of carbonyl (C=O) groups is 1. The first-order valence-electron chi connectivity index (χ1n) is 6.08. The van der Waals surface area contributed by atoms with Crippen LogP contribution in [0.15, 0.2) is 17.5 Å². The quantitative estimate of drug-likeness (QED) is 0.840. The van der Waals surface area contributed by atoms with Gasteiger partial charge in [0.1, 0.15) is 11.2 Å². The minimum absolute atomic E-state index is 0.0659. The number of hydrogen-bond acceptors (Lipinski definition) is 4. The molecule has 1 amide bonds. The Morgan fingerprint density at radius 2 is 2.22 bits per heavy atom. The van der Waals surface area contributed by atoms with Crippen molar-refractivity contribution in [3.05, 3.63) is 38.4 Å². The SMILES string of the molecule is O=C1NC(c2cccs2)Nc2sc3c(c21)CCC3. The predicted molar refractivity (Wildman–Crippen MR) is 74.5 cm³/mol. The maximum atomic E-state index is 12.3. The van der Waals surface area contributed by atoms with E-state index in [4.69, 9.17) is 0 Å². The molecule has 0 saturated carbocycles. The van der Waals surface area contributed by atoms with Crippen molar-refractivity contribution >= 4 is 33.6 Å². The minimum atomic E-state index is -0.0659. The number of hydrogen-bond donors (Lipinski definition) is 2. The summed E-state index contributed by atoms with van der Waals surface area (Å²) in [5.41, 5.74) is 2.19. The van der Waals surface area contributed by atoms with Crippen LogP contribution >= 0.6 is 22.7 Å². The van der Waals surface area contributed by atoms with Gasteiger partial charge in [0.2, 0.25) is 0 Å². The predicted octanol–water partition coefficient (Wildman–Crippen LogP) is 3.15. The molecule has 0 saturated heterocycles. The van der Waals surface area contributed by atoms with Crippen molar-refractivity contribution in [2.24, 2.45) is 0 Å². The van der Waals surface area contributed by atoms with Gasteiger partial charge in [-0.05, 0) is 36.3 Å². The number of anilines is 1. The van der Waals surface area contributed by atoms with Crippen molar-refractivity contribution in [2.45, 2.75) is 25.4 Å². The summed E-state index contributed by atoms with van der Waals surface area (Å²) < 4.78 is 0. The molecule has 5 heteroatoms. The number of aryl methyl sites for hydroxylation is 1. The summed E-state index contributed by atoms with van der Waals surface area (Å²) in [5, 5.41) is 9.61. The number of amides is 1. The highest BCUT2D eigenvalue weighted by Gasteiger charge is 2.32. The van der Waals surface area contributed by atoms with Crippen molar-refractivity contribution in [1.29, 1.82) is 0 Å². The second kappa shape index (κ2) is 3.83. The molecule has 0 radical (unpaired) electrons. The van der Waals surface area contributed by atoms with Crippen LogP contribution in [0.3, 0.4) is 0 Å². The highest BCUT2D eigenvalue weighted by molar-refractivity contribution is 7.17. The molecule has 92 valence electrons. The zero-order chi connectivity index (χ0) is 12.1. The van der Waals surface area contributed by atoms with Gasteiger partial charge in [-0.1, -0.05) is 6.07 Å². The molecular weight excluding hydrogens is 264 g/mol. The van der Waals surface area contributed by atoms with Gasteiger partial charge in [0, 0.05) is 9.75 Å². The van der Waals surface area contributed by atoms with Crippen molar-refractivity contribution in [3.8, 4) is 0 Å². The van der Waals surface area contributed by atoms with Crippen LogP contribution in [-0.2, 0) is 12.8 Å². The standard InChI is InChI=1S/C13H12N2OS2/c16-12-10-7-3-1-4-8(7)18-13(10)15-11(14-12)9-5-2-6-17-9/h2,5-6,11,15H,1,3-4H2,(H,14,16). The number of thiophene rings is 2. The molecule has 2 aromatic rings. The Hall–Kier alpha value is -1.33. The number of nitrogens with one attached hydrogen (secondary N) is 2. The highest BCUT2D eigenvalue weighted by Crippen LogP contribution is 2.42. The molecule has 4 rings (SSSR count). The van der Waals surface area contributed by atoms with E-state index in [1.165, 1.54) is 16.9 Å². The Balaban J connectivity index is 1.76. The molecule has 1 aliphatic heterocycles. The van der Waals surface area contributed by atoms with Crippen molar-refractivity contribution in [1.82, 2.24) is 5.32 Å². The summed E-state index contributed by atoms with van der Waals surface area (Å²) >= 11 is 3.43. The Morgan fingerprint density at radius 3 is 3.06 bits per heavy atom. The lowest BCUT2D eigenvalue weighted by Gasteiger charge is -2.25. The van der Waals surface area contributed by atoms with E-state index in [9.17, 15) is 4.79 Å². The summed E-state index contributed by atoms with van der Waals surface area (Å²) in [7, 11) is 0. The van der Waals surface area contributed by atoms with Crippen molar-refractivity contribution < 1.29 is 4.79 Å². The van der Waals surface area contributed by atoms with E-state index < -0.39 is 0 Å². The van der Waals surface area contributed by atoms with Crippen LogP contribution in [0, 0.1) is 0 Å². The van der Waals surface area contributed by atoms with Crippen LogP contribution in [-0.4, -0.2) is 5.91 Å². The zero-order valence-electron chi connectivity index (χ0n) is 9.66. The molecule has 18 heavy (non-hydrogen) atoms. The Labute approximate surface area is 113 Å². The molecular formula is C13H12N2OS2. The second-order valence-corrected chi connectivity index (χ2v) is 6.71. The molecule has 3 nitrogen and oxygen atoms in total. The molecule has 0 spiro atoms. The van der Waals surface area contributed by atoms with Gasteiger partial charge < -0.3 is 10.6 Å². The third-order valence-electron chi connectivity index (χ3n) is 3.53. The van der Waals surface area contributed by atoms with Crippen LogP contribution < -0.4 is 10.6 Å². The first-order valence-corrected chi connectivity index (χ1v) is 7.78. The lowest BCUT2D eigenvalue weighted by Crippen LogP contribution is -2.37. The number of rotatable bonds is 1. The van der Waals surface area contributed by atoms with Gasteiger partial charge in [-0.3, -0.25) is 4.79 Å². The first kappa shape index (κ1) is 10.6. The zero-order valence-corrected chi connectivity index (χ0v) is 11.3. The van der Waals surface area contributed by atoms with E-state index in [-0.39, 0.29) is 12.1 Å². The smallest absolute Gasteiger partial charge is 0.256 e. The van der Waals surface area contributed by atoms with Crippen molar-refractivity contribution in [3.63, 3.8) is 0 Å². The topological polar surface area (TPSA) is 41.1 Å². The van der Waals surface area contributed by atoms with Crippen LogP contribution in [0.25, 0.3) is 0 Å². The first-order chi connectivity index (χ1) is 8.83. The molecule has 1 atom stereocenters. The minimum Gasteiger partial charge on any atom is -0.352 e. The van der Waals surface area contributed by atoms with E-state index in [1.54, 1.807) is 22.7 Å². The highest BCUT2D eigenvalue weighted by atomic mass is 32.1. The van der Waals surface area contributed by atoms with Gasteiger partial charge in [-0.15, -0.1) is 22.7 Å². The largest absolute Gasteiger partial charge is 0.352 e. The molecule has 2 aliphatic rings. The summed E-state index contributed by atoms with van der Waals surface area (Å²) in [5.74, 6) is 0.0848. The third-order valence-corrected chi connectivity index (χ3v) is 5.69. The monoisotopic (exact) mass is 276 g/mol. The lowest BCUT2D eigenvalue weighted by atomic mass is 10.1. The van der Waals surface area contributed by atoms with E-state index in [0.717, 1.165) is 28.3 Å². The molecule has 2 N–H and O–H groups in total. The van der Waals surface area contributed by atoms with Crippen LogP contribution in [0.2, 0.25) is 0 Å². The van der Waals surface area contributed by atoms with Crippen LogP contribution in [0.1, 0.15) is 38.3 Å². The molecule has 0 fully saturated rings. The normalized spacial score (nSPS) is 21.1. The Morgan fingerprint density at radius 1 is 1.28 bits per heavy atom. The average molecular weight is 276 g/mol. The summed E-state index contributed by atoms with van der Waals surface area (Å²) in [6.45, 7) is 0.